The minimum absolute atomic E-state index is 0.328. The standard InChI is InChI=1S/C17H19ClN4O2/c1-2-20-17(24)22-15-8-12(7-13(18)9-15)16(23)21-14-5-3-4-11(6-14)10-19/h3-9H,2,10,19H2,1H3,(H,21,23)(H2,20,22,24). The van der Waals surface area contributed by atoms with Crippen molar-refractivity contribution in [2.45, 2.75) is 13.5 Å². The maximum absolute atomic E-state index is 12.4. The van der Waals surface area contributed by atoms with Crippen molar-refractivity contribution in [3.05, 3.63) is 58.6 Å². The van der Waals surface area contributed by atoms with Crippen molar-refractivity contribution in [3.8, 4) is 0 Å². The molecule has 2 aromatic carbocycles. The molecule has 0 bridgehead atoms. The van der Waals surface area contributed by atoms with Crippen LogP contribution in [0.15, 0.2) is 42.5 Å². The fraction of sp³-hybridized carbons (Fsp3) is 0.176. The number of rotatable bonds is 5. The number of anilines is 2. The van der Waals surface area contributed by atoms with Crippen molar-refractivity contribution >= 4 is 34.9 Å². The Kier molecular flexibility index (Phi) is 6.17. The van der Waals surface area contributed by atoms with E-state index >= 15 is 0 Å². The lowest BCUT2D eigenvalue weighted by molar-refractivity contribution is 0.102. The molecule has 2 aromatic rings. The van der Waals surface area contributed by atoms with Crippen molar-refractivity contribution in [3.63, 3.8) is 0 Å². The second-order valence-electron chi connectivity index (χ2n) is 5.07. The van der Waals surface area contributed by atoms with Crippen LogP contribution in [0.3, 0.4) is 0 Å². The van der Waals surface area contributed by atoms with E-state index in [1.165, 1.54) is 6.07 Å². The predicted octanol–water partition coefficient (Wildman–Crippen LogP) is 3.19. The average molecular weight is 347 g/mol. The van der Waals surface area contributed by atoms with Crippen LogP contribution in [0.25, 0.3) is 0 Å². The number of nitrogens with one attached hydrogen (secondary N) is 3. The van der Waals surface area contributed by atoms with Crippen LogP contribution in [0, 0.1) is 0 Å². The Hall–Kier alpha value is -2.57. The average Bonchev–Trinajstić information content (AvgIpc) is 2.54. The number of benzene rings is 2. The highest BCUT2D eigenvalue weighted by molar-refractivity contribution is 6.31. The van der Waals surface area contributed by atoms with Crippen LogP contribution in [0.2, 0.25) is 5.02 Å². The molecule has 0 aliphatic carbocycles. The van der Waals surface area contributed by atoms with Gasteiger partial charge in [0.05, 0.1) is 0 Å². The van der Waals surface area contributed by atoms with Crippen molar-refractivity contribution in [2.24, 2.45) is 5.73 Å². The van der Waals surface area contributed by atoms with Crippen LogP contribution >= 0.6 is 11.6 Å². The molecule has 126 valence electrons. The van der Waals surface area contributed by atoms with Crippen molar-refractivity contribution in [1.82, 2.24) is 5.32 Å². The Morgan fingerprint density at radius 1 is 1.08 bits per heavy atom. The normalized spacial score (nSPS) is 10.1. The third-order valence-electron chi connectivity index (χ3n) is 3.18. The van der Waals surface area contributed by atoms with E-state index in [-0.39, 0.29) is 11.9 Å². The minimum atomic E-state index is -0.359. The van der Waals surface area contributed by atoms with Gasteiger partial charge in [-0.2, -0.15) is 0 Å². The molecule has 5 N–H and O–H groups in total. The number of hydrogen-bond donors (Lipinski definition) is 4. The molecule has 0 spiro atoms. The van der Waals surface area contributed by atoms with Gasteiger partial charge in [0.15, 0.2) is 0 Å². The summed E-state index contributed by atoms with van der Waals surface area (Å²) in [6.07, 6.45) is 0. The SMILES string of the molecule is CCNC(=O)Nc1cc(Cl)cc(C(=O)Nc2cccc(CN)c2)c1. The molecule has 2 rings (SSSR count). The third-order valence-corrected chi connectivity index (χ3v) is 3.39. The van der Waals surface area contributed by atoms with Gasteiger partial charge in [-0.15, -0.1) is 0 Å². The summed E-state index contributed by atoms with van der Waals surface area (Å²) in [4.78, 5) is 24.0. The van der Waals surface area contributed by atoms with E-state index in [9.17, 15) is 9.59 Å². The molecule has 0 heterocycles. The topological polar surface area (TPSA) is 96.2 Å². The van der Waals surface area contributed by atoms with E-state index in [2.05, 4.69) is 16.0 Å². The quantitative estimate of drug-likeness (QED) is 0.669. The Balaban J connectivity index is 2.16. The van der Waals surface area contributed by atoms with Crippen molar-refractivity contribution in [1.29, 1.82) is 0 Å². The third kappa shape index (κ3) is 4.97. The summed E-state index contributed by atoms with van der Waals surface area (Å²) in [7, 11) is 0. The molecule has 0 aromatic heterocycles. The zero-order valence-corrected chi connectivity index (χ0v) is 14.0. The first-order valence-corrected chi connectivity index (χ1v) is 7.85. The van der Waals surface area contributed by atoms with E-state index in [1.807, 2.05) is 19.1 Å². The molecular formula is C17H19ClN4O2. The van der Waals surface area contributed by atoms with Gasteiger partial charge in [0.2, 0.25) is 0 Å². The van der Waals surface area contributed by atoms with Crippen LogP contribution in [-0.4, -0.2) is 18.5 Å². The maximum Gasteiger partial charge on any atom is 0.319 e. The highest BCUT2D eigenvalue weighted by Crippen LogP contribution is 2.20. The Labute approximate surface area is 145 Å². The van der Waals surface area contributed by atoms with Crippen LogP contribution in [0.4, 0.5) is 16.2 Å². The molecule has 3 amide bonds. The number of nitrogens with two attached hydrogens (primary N) is 1. The summed E-state index contributed by atoms with van der Waals surface area (Å²) < 4.78 is 0. The van der Waals surface area contributed by atoms with E-state index in [1.54, 1.807) is 24.3 Å². The maximum atomic E-state index is 12.4. The molecule has 7 heteroatoms. The van der Waals surface area contributed by atoms with Gasteiger partial charge < -0.3 is 21.7 Å². The monoisotopic (exact) mass is 346 g/mol. The summed E-state index contributed by atoms with van der Waals surface area (Å²) in [6, 6.07) is 11.6. The smallest absolute Gasteiger partial charge is 0.319 e. The summed E-state index contributed by atoms with van der Waals surface area (Å²) in [5.41, 5.74) is 7.93. The molecule has 0 atom stereocenters. The molecule has 6 nitrogen and oxygen atoms in total. The highest BCUT2D eigenvalue weighted by atomic mass is 35.5. The molecule has 24 heavy (non-hydrogen) atoms. The van der Waals surface area contributed by atoms with E-state index < -0.39 is 0 Å². The fourth-order valence-electron chi connectivity index (χ4n) is 2.11. The van der Waals surface area contributed by atoms with E-state index in [0.717, 1.165) is 5.56 Å². The van der Waals surface area contributed by atoms with Crippen LogP contribution in [0.5, 0.6) is 0 Å². The Morgan fingerprint density at radius 2 is 1.88 bits per heavy atom. The Morgan fingerprint density at radius 3 is 2.58 bits per heavy atom. The lowest BCUT2D eigenvalue weighted by Crippen LogP contribution is -2.28. The molecule has 0 fully saturated rings. The van der Waals surface area contributed by atoms with Crippen molar-refractivity contribution in [2.75, 3.05) is 17.2 Å². The molecule has 0 aliphatic heterocycles. The zero-order chi connectivity index (χ0) is 17.5. The van der Waals surface area contributed by atoms with Gasteiger partial charge in [-0.05, 0) is 42.8 Å². The molecule has 0 unspecified atom stereocenters. The first-order chi connectivity index (χ1) is 11.5. The number of amides is 3. The highest BCUT2D eigenvalue weighted by Gasteiger charge is 2.10. The van der Waals surface area contributed by atoms with E-state index in [4.69, 9.17) is 17.3 Å². The minimum Gasteiger partial charge on any atom is -0.338 e. The second kappa shape index (κ2) is 8.33. The van der Waals surface area contributed by atoms with Gasteiger partial charge in [0, 0.05) is 35.1 Å². The molecule has 0 aliphatic rings. The number of carbonyl (C=O) groups is 2. The molecule has 0 radical (unpaired) electrons. The summed E-state index contributed by atoms with van der Waals surface area (Å²) in [5.74, 6) is -0.328. The van der Waals surface area contributed by atoms with Gasteiger partial charge in [0.1, 0.15) is 0 Å². The summed E-state index contributed by atoms with van der Waals surface area (Å²) >= 11 is 6.04. The summed E-state index contributed by atoms with van der Waals surface area (Å²) in [5, 5.41) is 8.38. The van der Waals surface area contributed by atoms with E-state index in [0.29, 0.717) is 35.1 Å². The molecule has 0 saturated heterocycles. The van der Waals surface area contributed by atoms with Crippen LogP contribution in [-0.2, 0) is 6.54 Å². The largest absolute Gasteiger partial charge is 0.338 e. The molecular weight excluding hydrogens is 328 g/mol. The van der Waals surface area contributed by atoms with Crippen molar-refractivity contribution < 1.29 is 9.59 Å². The van der Waals surface area contributed by atoms with Gasteiger partial charge in [0.25, 0.3) is 5.91 Å². The lowest BCUT2D eigenvalue weighted by atomic mass is 10.1. The number of halogens is 1. The predicted molar refractivity (Wildman–Crippen MR) is 96.4 cm³/mol. The number of carbonyl (C=O) groups excluding carboxylic acids is 2. The number of hydrogen-bond acceptors (Lipinski definition) is 3. The number of urea groups is 1. The summed E-state index contributed by atoms with van der Waals surface area (Å²) in [6.45, 7) is 2.70. The first-order valence-electron chi connectivity index (χ1n) is 7.47. The fourth-order valence-corrected chi connectivity index (χ4v) is 2.34. The Bertz CT molecular complexity index is 749. The second-order valence-corrected chi connectivity index (χ2v) is 5.51. The van der Waals surface area contributed by atoms with Crippen LogP contribution < -0.4 is 21.7 Å². The van der Waals surface area contributed by atoms with Crippen LogP contribution in [0.1, 0.15) is 22.8 Å². The first kappa shape index (κ1) is 17.8. The van der Waals surface area contributed by atoms with Gasteiger partial charge in [-0.1, -0.05) is 23.7 Å². The van der Waals surface area contributed by atoms with Gasteiger partial charge >= 0.3 is 6.03 Å². The van der Waals surface area contributed by atoms with Gasteiger partial charge in [-0.25, -0.2) is 4.79 Å². The zero-order valence-electron chi connectivity index (χ0n) is 13.2. The van der Waals surface area contributed by atoms with Gasteiger partial charge in [-0.3, -0.25) is 4.79 Å². The molecule has 0 saturated carbocycles. The lowest BCUT2D eigenvalue weighted by Gasteiger charge is -2.10.